The summed E-state index contributed by atoms with van der Waals surface area (Å²) in [5, 5.41) is 7.47. The highest BCUT2D eigenvalue weighted by Crippen LogP contribution is 2.37. The van der Waals surface area contributed by atoms with Gasteiger partial charge in [0.15, 0.2) is 0 Å². The van der Waals surface area contributed by atoms with Gasteiger partial charge < -0.3 is 20.1 Å². The van der Waals surface area contributed by atoms with Crippen LogP contribution in [0.5, 0.6) is 0 Å². The van der Waals surface area contributed by atoms with Gasteiger partial charge in [-0.15, -0.1) is 11.3 Å². The van der Waals surface area contributed by atoms with Crippen molar-refractivity contribution in [2.24, 2.45) is 0 Å². The van der Waals surface area contributed by atoms with Crippen LogP contribution in [0.4, 0.5) is 5.82 Å². The van der Waals surface area contributed by atoms with Gasteiger partial charge in [0.05, 0.1) is 23.0 Å². The topological polar surface area (TPSA) is 85.4 Å². The van der Waals surface area contributed by atoms with E-state index in [4.69, 9.17) is 9.47 Å². The summed E-state index contributed by atoms with van der Waals surface area (Å²) in [6, 6.07) is 10.6. The van der Waals surface area contributed by atoms with Crippen LogP contribution in [-0.2, 0) is 14.9 Å². The van der Waals surface area contributed by atoms with E-state index in [-0.39, 0.29) is 17.4 Å². The predicted octanol–water partition coefficient (Wildman–Crippen LogP) is 4.31. The van der Waals surface area contributed by atoms with Crippen molar-refractivity contribution in [2.75, 3.05) is 38.2 Å². The first-order valence-electron chi connectivity index (χ1n) is 11.5. The summed E-state index contributed by atoms with van der Waals surface area (Å²) in [5.41, 5.74) is 2.20. The average Bonchev–Trinajstić information content (AvgIpc) is 3.18. The molecule has 1 saturated heterocycles. The molecule has 3 aromatic rings. The quantitative estimate of drug-likeness (QED) is 0.455. The lowest BCUT2D eigenvalue weighted by Crippen LogP contribution is -2.40. The van der Waals surface area contributed by atoms with E-state index < -0.39 is 0 Å². The maximum Gasteiger partial charge on any atom is 0.261 e. The van der Waals surface area contributed by atoms with Crippen molar-refractivity contribution in [2.45, 2.75) is 45.1 Å². The molecule has 3 heterocycles. The smallest absolute Gasteiger partial charge is 0.261 e. The maximum absolute atomic E-state index is 12.8. The molecule has 0 aliphatic carbocycles. The zero-order chi connectivity index (χ0) is 23.3. The number of hydrogen-bond acceptors (Lipinski definition) is 7. The third-order valence-corrected chi connectivity index (χ3v) is 7.40. The van der Waals surface area contributed by atoms with Crippen LogP contribution in [0.3, 0.4) is 0 Å². The Balaban J connectivity index is 1.54. The van der Waals surface area contributed by atoms with Crippen molar-refractivity contribution in [1.82, 2.24) is 15.3 Å². The molecular formula is C25H32N4O3S. The van der Waals surface area contributed by atoms with Gasteiger partial charge in [0.1, 0.15) is 17.0 Å². The predicted molar refractivity (Wildman–Crippen MR) is 132 cm³/mol. The van der Waals surface area contributed by atoms with Gasteiger partial charge in [-0.2, -0.15) is 0 Å². The third kappa shape index (κ3) is 5.34. The molecule has 0 atom stereocenters. The fourth-order valence-electron chi connectivity index (χ4n) is 4.34. The normalized spacial score (nSPS) is 15.6. The molecule has 2 N–H and O–H groups in total. The lowest BCUT2D eigenvalue weighted by Gasteiger charge is -2.38. The number of anilines is 1. The first kappa shape index (κ1) is 23.6. The Bertz CT molecular complexity index is 1080. The Labute approximate surface area is 198 Å². The van der Waals surface area contributed by atoms with Crippen LogP contribution in [0.15, 0.2) is 36.7 Å². The molecule has 0 unspecified atom stereocenters. The standard InChI is InChI=1S/C25H32N4O3S/c1-17(2)32-14-11-26-23(30)21-18(3)20-22(28-16-29-24(20)33-21)27-15-25(9-12-31-13-10-25)19-7-5-4-6-8-19/h4-8,16-17H,9-15H2,1-3H3,(H,26,30)(H,27,28,29). The van der Waals surface area contributed by atoms with Gasteiger partial charge in [0, 0.05) is 31.7 Å². The molecule has 1 fully saturated rings. The number of nitrogens with zero attached hydrogens (tertiary/aromatic N) is 2. The summed E-state index contributed by atoms with van der Waals surface area (Å²) in [5.74, 6) is 0.678. The molecule has 1 amide bonds. The van der Waals surface area contributed by atoms with Gasteiger partial charge in [0.25, 0.3) is 5.91 Å². The molecule has 7 nitrogen and oxygen atoms in total. The van der Waals surface area contributed by atoms with Gasteiger partial charge >= 0.3 is 0 Å². The summed E-state index contributed by atoms with van der Waals surface area (Å²) in [6.45, 7) is 9.13. The van der Waals surface area contributed by atoms with Crippen LogP contribution in [0.25, 0.3) is 10.2 Å². The van der Waals surface area contributed by atoms with Crippen LogP contribution < -0.4 is 10.6 Å². The molecule has 1 aromatic carbocycles. The molecule has 0 saturated carbocycles. The highest BCUT2D eigenvalue weighted by molar-refractivity contribution is 7.20. The van der Waals surface area contributed by atoms with Gasteiger partial charge in [-0.05, 0) is 44.7 Å². The number of aromatic nitrogens is 2. The van der Waals surface area contributed by atoms with Crippen LogP contribution in [0.2, 0.25) is 0 Å². The van der Waals surface area contributed by atoms with Crippen molar-refractivity contribution in [3.63, 3.8) is 0 Å². The number of thiophene rings is 1. The number of aryl methyl sites for hydroxylation is 1. The second-order valence-corrected chi connectivity index (χ2v) is 9.75. The lowest BCUT2D eigenvalue weighted by molar-refractivity contribution is 0.0544. The molecule has 1 aliphatic rings. The van der Waals surface area contributed by atoms with Gasteiger partial charge in [-0.1, -0.05) is 30.3 Å². The summed E-state index contributed by atoms with van der Waals surface area (Å²) in [4.78, 5) is 23.3. The Hall–Kier alpha value is -2.55. The summed E-state index contributed by atoms with van der Waals surface area (Å²) >= 11 is 1.40. The zero-order valence-corrected chi connectivity index (χ0v) is 20.3. The highest BCUT2D eigenvalue weighted by Gasteiger charge is 2.34. The molecule has 2 aromatic heterocycles. The monoisotopic (exact) mass is 468 g/mol. The molecule has 1 aliphatic heterocycles. The number of carbonyl (C=O) groups is 1. The molecular weight excluding hydrogens is 436 g/mol. The number of rotatable bonds is 9. The number of nitrogens with one attached hydrogen (secondary N) is 2. The van der Waals surface area contributed by atoms with Crippen molar-refractivity contribution in [3.05, 3.63) is 52.7 Å². The van der Waals surface area contributed by atoms with E-state index >= 15 is 0 Å². The van der Waals surface area contributed by atoms with E-state index in [1.807, 2.05) is 26.8 Å². The molecule has 0 radical (unpaired) electrons. The van der Waals surface area contributed by atoms with E-state index in [9.17, 15) is 4.79 Å². The maximum atomic E-state index is 12.8. The summed E-state index contributed by atoms with van der Waals surface area (Å²) in [7, 11) is 0. The van der Waals surface area contributed by atoms with Gasteiger partial charge in [-0.3, -0.25) is 4.79 Å². The minimum absolute atomic E-state index is 0.0165. The second kappa shape index (κ2) is 10.6. The first-order chi connectivity index (χ1) is 16.0. The van der Waals surface area contributed by atoms with E-state index in [0.717, 1.165) is 54.2 Å². The van der Waals surface area contributed by atoms with Crippen LogP contribution in [0.1, 0.15) is 47.5 Å². The fraction of sp³-hybridized carbons (Fsp3) is 0.480. The number of ether oxygens (including phenoxy) is 2. The fourth-order valence-corrected chi connectivity index (χ4v) is 5.40. The SMILES string of the molecule is Cc1c(C(=O)NCCOC(C)C)sc2ncnc(NCC3(c4ccccc4)CCOCC3)c12. The molecule has 176 valence electrons. The van der Waals surface area contributed by atoms with E-state index in [1.165, 1.54) is 16.9 Å². The zero-order valence-electron chi connectivity index (χ0n) is 19.5. The number of carbonyl (C=O) groups excluding carboxylic acids is 1. The summed E-state index contributed by atoms with van der Waals surface area (Å²) in [6.07, 6.45) is 3.62. The van der Waals surface area contributed by atoms with Crippen LogP contribution in [-0.4, -0.2) is 54.9 Å². The molecule has 4 rings (SSSR count). The molecule has 0 spiro atoms. The van der Waals surface area contributed by atoms with Crippen molar-refractivity contribution >= 4 is 33.3 Å². The number of hydrogen-bond donors (Lipinski definition) is 2. The Morgan fingerprint density at radius 3 is 2.70 bits per heavy atom. The van der Waals surface area contributed by atoms with Gasteiger partial charge in [0.2, 0.25) is 0 Å². The number of fused-ring (bicyclic) bond motifs is 1. The van der Waals surface area contributed by atoms with Crippen molar-refractivity contribution in [3.8, 4) is 0 Å². The van der Waals surface area contributed by atoms with Crippen LogP contribution in [0, 0.1) is 6.92 Å². The Morgan fingerprint density at radius 1 is 1.21 bits per heavy atom. The first-order valence-corrected chi connectivity index (χ1v) is 12.3. The van der Waals surface area contributed by atoms with Crippen molar-refractivity contribution in [1.29, 1.82) is 0 Å². The molecule has 33 heavy (non-hydrogen) atoms. The van der Waals surface area contributed by atoms with E-state index in [1.54, 1.807) is 6.33 Å². The molecule has 8 heteroatoms. The number of amides is 1. The lowest BCUT2D eigenvalue weighted by atomic mass is 9.74. The third-order valence-electron chi connectivity index (χ3n) is 6.20. The Morgan fingerprint density at radius 2 is 1.97 bits per heavy atom. The minimum Gasteiger partial charge on any atom is -0.381 e. The number of benzene rings is 1. The largest absolute Gasteiger partial charge is 0.381 e. The van der Waals surface area contributed by atoms with Crippen LogP contribution >= 0.6 is 11.3 Å². The summed E-state index contributed by atoms with van der Waals surface area (Å²) < 4.78 is 11.2. The average molecular weight is 469 g/mol. The van der Waals surface area contributed by atoms with Crippen molar-refractivity contribution < 1.29 is 14.3 Å². The highest BCUT2D eigenvalue weighted by atomic mass is 32.1. The van der Waals surface area contributed by atoms with E-state index in [2.05, 4.69) is 44.9 Å². The van der Waals surface area contributed by atoms with E-state index in [0.29, 0.717) is 18.0 Å². The minimum atomic E-state index is -0.0982. The Kier molecular flexibility index (Phi) is 7.57. The molecule has 0 bridgehead atoms. The second-order valence-electron chi connectivity index (χ2n) is 8.75. The van der Waals surface area contributed by atoms with Gasteiger partial charge in [-0.25, -0.2) is 9.97 Å².